The lowest BCUT2D eigenvalue weighted by molar-refractivity contribution is 0.668. The molecule has 0 N–H and O–H groups in total. The predicted molar refractivity (Wildman–Crippen MR) is 273 cm³/mol. The van der Waals surface area contributed by atoms with Crippen LogP contribution in [0.2, 0.25) is 0 Å². The molecule has 0 fully saturated rings. The van der Waals surface area contributed by atoms with Crippen molar-refractivity contribution in [1.29, 1.82) is 0 Å². The molecular formula is C59H32N4O2S. The molecular weight excluding hydrogens is 829 g/mol. The maximum Gasteiger partial charge on any atom is 0.167 e. The minimum atomic E-state index is 0.527. The SMILES string of the molecule is c1ccc2cc3c(cc2c1)c1c2ccccc2ccc1n3-c1cc(-c2nc(-c3cccc4c3oc3ccccc34)nc(-c3cccc4c3sc3ccccc34)n2)c2c(c1)oc1ccccc12. The summed E-state index contributed by atoms with van der Waals surface area (Å²) in [6.07, 6.45) is 0. The molecule has 6 nitrogen and oxygen atoms in total. The van der Waals surface area contributed by atoms with Crippen molar-refractivity contribution in [3.05, 3.63) is 194 Å². The van der Waals surface area contributed by atoms with Crippen LogP contribution >= 0.6 is 11.3 Å². The van der Waals surface area contributed by atoms with Gasteiger partial charge in [0.05, 0.1) is 22.3 Å². The monoisotopic (exact) mass is 860 g/mol. The maximum absolute atomic E-state index is 6.83. The van der Waals surface area contributed by atoms with Gasteiger partial charge in [0.1, 0.15) is 22.3 Å². The second-order valence-electron chi connectivity index (χ2n) is 17.1. The summed E-state index contributed by atoms with van der Waals surface area (Å²) in [5.74, 6) is 1.65. The van der Waals surface area contributed by atoms with Crippen molar-refractivity contribution in [3.63, 3.8) is 0 Å². The van der Waals surface area contributed by atoms with E-state index in [-0.39, 0.29) is 0 Å². The number of fused-ring (bicyclic) bond motifs is 15. The van der Waals surface area contributed by atoms with E-state index >= 15 is 0 Å². The molecule has 0 amide bonds. The van der Waals surface area contributed by atoms with Gasteiger partial charge < -0.3 is 13.4 Å². The van der Waals surface area contributed by atoms with Gasteiger partial charge in [-0.1, -0.05) is 133 Å². The van der Waals surface area contributed by atoms with Crippen LogP contribution in [-0.2, 0) is 0 Å². The fourth-order valence-electron chi connectivity index (χ4n) is 10.5. The van der Waals surface area contributed by atoms with Crippen LogP contribution in [0.25, 0.3) is 147 Å². The first-order valence-electron chi connectivity index (χ1n) is 22.1. The molecule has 0 atom stereocenters. The molecule has 0 aliphatic heterocycles. The second-order valence-corrected chi connectivity index (χ2v) is 18.1. The molecule has 0 spiro atoms. The maximum atomic E-state index is 6.83. The summed E-state index contributed by atoms with van der Waals surface area (Å²) >= 11 is 1.76. The molecule has 0 aliphatic rings. The first-order valence-corrected chi connectivity index (χ1v) is 22.9. The van der Waals surface area contributed by atoms with E-state index in [1.807, 2.05) is 30.3 Å². The standard InChI is InChI=1S/C59H32N4O2S/c1-2-15-35-30-48-45(29-34(35)14-1)53-37-16-4-3-13-33(37)27-28-47(53)63(48)36-31-46(54-42-19-6-9-25-50(42)64-51(54)32-36)59-61-57(43-22-11-20-40-38-17-5-8-24-49(38)65-55(40)43)60-58(62-59)44-23-12-21-41-39-18-7-10-26-52(39)66-56(41)44/h1-32H. The van der Waals surface area contributed by atoms with Crippen LogP contribution in [-0.4, -0.2) is 19.5 Å². The van der Waals surface area contributed by atoms with Crippen LogP contribution in [0.4, 0.5) is 0 Å². The van der Waals surface area contributed by atoms with Gasteiger partial charge in [-0.25, -0.2) is 15.0 Å². The van der Waals surface area contributed by atoms with Crippen molar-refractivity contribution in [2.75, 3.05) is 0 Å². The summed E-state index contributed by atoms with van der Waals surface area (Å²) in [7, 11) is 0. The smallest absolute Gasteiger partial charge is 0.167 e. The van der Waals surface area contributed by atoms with E-state index in [1.54, 1.807) is 11.3 Å². The Morgan fingerprint density at radius 2 is 0.985 bits per heavy atom. The number of benzene rings is 10. The molecule has 7 heteroatoms. The Morgan fingerprint density at radius 3 is 1.82 bits per heavy atom. The summed E-state index contributed by atoms with van der Waals surface area (Å²) in [6.45, 7) is 0. The summed E-state index contributed by atoms with van der Waals surface area (Å²) in [4.78, 5) is 16.4. The van der Waals surface area contributed by atoms with Gasteiger partial charge in [0.2, 0.25) is 0 Å². The van der Waals surface area contributed by atoms with Gasteiger partial charge in [0.15, 0.2) is 17.5 Å². The fourth-order valence-corrected chi connectivity index (χ4v) is 11.7. The molecule has 0 saturated carbocycles. The Morgan fingerprint density at radius 1 is 0.364 bits per heavy atom. The van der Waals surface area contributed by atoms with E-state index in [4.69, 9.17) is 23.8 Å². The summed E-state index contributed by atoms with van der Waals surface area (Å²) in [5.41, 5.74) is 8.82. The van der Waals surface area contributed by atoms with E-state index in [1.165, 1.54) is 47.8 Å². The average molecular weight is 861 g/mol. The van der Waals surface area contributed by atoms with E-state index in [0.29, 0.717) is 17.5 Å². The van der Waals surface area contributed by atoms with Crippen LogP contribution in [0.5, 0.6) is 0 Å². The van der Waals surface area contributed by atoms with Gasteiger partial charge in [-0.15, -0.1) is 11.3 Å². The third-order valence-corrected chi connectivity index (χ3v) is 14.6. The zero-order chi connectivity index (χ0) is 43.0. The summed E-state index contributed by atoms with van der Waals surface area (Å²) in [5, 5.41) is 13.5. The third kappa shape index (κ3) is 5.08. The molecule has 0 radical (unpaired) electrons. The highest BCUT2D eigenvalue weighted by atomic mass is 32.1. The Hall–Kier alpha value is -8.65. The Balaban J connectivity index is 1.07. The number of hydrogen-bond acceptors (Lipinski definition) is 6. The first-order chi connectivity index (χ1) is 32.7. The highest BCUT2D eigenvalue weighted by molar-refractivity contribution is 7.26. The number of nitrogens with zero attached hydrogens (tertiary/aromatic N) is 4. The van der Waals surface area contributed by atoms with Crippen molar-refractivity contribution in [1.82, 2.24) is 19.5 Å². The molecule has 0 unspecified atom stereocenters. The molecule has 306 valence electrons. The number of furan rings is 2. The van der Waals surface area contributed by atoms with Gasteiger partial charge in [-0.2, -0.15) is 0 Å². The van der Waals surface area contributed by atoms with Crippen molar-refractivity contribution in [2.45, 2.75) is 0 Å². The molecule has 5 aromatic heterocycles. The lowest BCUT2D eigenvalue weighted by Crippen LogP contribution is -2.02. The molecule has 5 heterocycles. The van der Waals surface area contributed by atoms with Crippen LogP contribution in [0.3, 0.4) is 0 Å². The van der Waals surface area contributed by atoms with Gasteiger partial charge in [-0.05, 0) is 76.1 Å². The first kappa shape index (κ1) is 35.8. The van der Waals surface area contributed by atoms with Gasteiger partial charge in [0.25, 0.3) is 0 Å². The van der Waals surface area contributed by atoms with E-state index < -0.39 is 0 Å². The number of aromatic nitrogens is 4. The quantitative estimate of drug-likeness (QED) is 0.176. The number of para-hydroxylation sites is 3. The Kier molecular flexibility index (Phi) is 7.28. The zero-order valence-corrected chi connectivity index (χ0v) is 35.8. The van der Waals surface area contributed by atoms with Gasteiger partial charge in [0, 0.05) is 69.7 Å². The Bertz CT molecular complexity index is 4420. The van der Waals surface area contributed by atoms with Crippen molar-refractivity contribution in [3.8, 4) is 39.9 Å². The van der Waals surface area contributed by atoms with Crippen LogP contribution in [0.15, 0.2) is 203 Å². The molecule has 15 rings (SSSR count). The van der Waals surface area contributed by atoms with Crippen LogP contribution < -0.4 is 0 Å². The van der Waals surface area contributed by atoms with Gasteiger partial charge >= 0.3 is 0 Å². The number of rotatable bonds is 4. The highest BCUT2D eigenvalue weighted by Gasteiger charge is 2.24. The van der Waals surface area contributed by atoms with Crippen LogP contribution in [0.1, 0.15) is 0 Å². The Labute approximate surface area is 379 Å². The topological polar surface area (TPSA) is 69.9 Å². The highest BCUT2D eigenvalue weighted by Crippen LogP contribution is 2.45. The normalized spacial score (nSPS) is 12.2. The van der Waals surface area contributed by atoms with Crippen molar-refractivity contribution in [2.24, 2.45) is 0 Å². The fraction of sp³-hybridized carbons (Fsp3) is 0. The molecule has 0 bridgehead atoms. The zero-order valence-electron chi connectivity index (χ0n) is 35.0. The second kappa shape index (κ2) is 13.4. The minimum Gasteiger partial charge on any atom is -0.456 e. The van der Waals surface area contributed by atoms with Gasteiger partial charge in [-0.3, -0.25) is 0 Å². The van der Waals surface area contributed by atoms with E-state index in [2.05, 4.69) is 168 Å². The van der Waals surface area contributed by atoms with Crippen molar-refractivity contribution < 1.29 is 8.83 Å². The number of hydrogen-bond donors (Lipinski definition) is 0. The van der Waals surface area contributed by atoms with E-state index in [9.17, 15) is 0 Å². The van der Waals surface area contributed by atoms with Crippen LogP contribution in [0, 0.1) is 0 Å². The molecule has 0 aliphatic carbocycles. The molecule has 10 aromatic carbocycles. The van der Waals surface area contributed by atoms with E-state index in [0.717, 1.165) is 82.0 Å². The van der Waals surface area contributed by atoms with Crippen molar-refractivity contribution >= 4 is 119 Å². The lowest BCUT2D eigenvalue weighted by atomic mass is 10.0. The minimum absolute atomic E-state index is 0.527. The largest absolute Gasteiger partial charge is 0.456 e. The predicted octanol–water partition coefficient (Wildman–Crippen LogP) is 16.4. The lowest BCUT2D eigenvalue weighted by Gasteiger charge is -2.13. The third-order valence-electron chi connectivity index (χ3n) is 13.4. The summed E-state index contributed by atoms with van der Waals surface area (Å²) in [6, 6.07) is 68.5. The molecule has 0 saturated heterocycles. The average Bonchev–Trinajstić information content (AvgIpc) is 4.14. The number of thiophene rings is 1. The molecule has 15 aromatic rings. The summed E-state index contributed by atoms with van der Waals surface area (Å²) < 4.78 is 18.2. The molecule has 66 heavy (non-hydrogen) atoms.